The molecule has 0 bridgehead atoms. The standard InChI is InChI=1S/C14H9ClN2.2C2H6/c15-14-16-12-9-5-4-8-11(12)13(17-14)10-6-2-1-3-7-10;2*1-2/h1-9H;2*1-2H3. The van der Waals surface area contributed by atoms with E-state index >= 15 is 0 Å². The molecule has 0 aliphatic carbocycles. The molecule has 0 amide bonds. The van der Waals surface area contributed by atoms with E-state index in [1.807, 2.05) is 82.3 Å². The van der Waals surface area contributed by atoms with Gasteiger partial charge in [-0.25, -0.2) is 9.97 Å². The van der Waals surface area contributed by atoms with Crippen LogP contribution in [-0.2, 0) is 0 Å². The van der Waals surface area contributed by atoms with Crippen LogP contribution in [-0.4, -0.2) is 9.97 Å². The lowest BCUT2D eigenvalue weighted by atomic mass is 10.1. The molecule has 3 heteroatoms. The molecule has 3 rings (SSSR count). The van der Waals surface area contributed by atoms with Gasteiger partial charge in [0.1, 0.15) is 0 Å². The molecule has 2 nitrogen and oxygen atoms in total. The highest BCUT2D eigenvalue weighted by Crippen LogP contribution is 2.26. The zero-order valence-corrected chi connectivity index (χ0v) is 13.7. The largest absolute Gasteiger partial charge is 0.223 e. The van der Waals surface area contributed by atoms with E-state index in [0.717, 1.165) is 22.2 Å². The van der Waals surface area contributed by atoms with Gasteiger partial charge >= 0.3 is 0 Å². The number of halogens is 1. The summed E-state index contributed by atoms with van der Waals surface area (Å²) in [5.41, 5.74) is 2.79. The zero-order chi connectivity index (χ0) is 15.7. The third-order valence-electron chi connectivity index (χ3n) is 2.62. The maximum atomic E-state index is 5.95. The van der Waals surface area contributed by atoms with Gasteiger partial charge in [-0.3, -0.25) is 0 Å². The molecule has 0 radical (unpaired) electrons. The molecule has 1 aromatic heterocycles. The summed E-state index contributed by atoms with van der Waals surface area (Å²) in [6.45, 7) is 8.00. The van der Waals surface area contributed by atoms with E-state index in [-0.39, 0.29) is 5.28 Å². The van der Waals surface area contributed by atoms with Crippen LogP contribution in [0.1, 0.15) is 27.7 Å². The van der Waals surface area contributed by atoms with Crippen LogP contribution < -0.4 is 0 Å². The Morgan fingerprint density at radius 1 is 0.714 bits per heavy atom. The van der Waals surface area contributed by atoms with Gasteiger partial charge in [0.15, 0.2) is 0 Å². The van der Waals surface area contributed by atoms with Gasteiger partial charge in [-0.2, -0.15) is 0 Å². The molecule has 0 aliphatic heterocycles. The number of rotatable bonds is 1. The van der Waals surface area contributed by atoms with Gasteiger partial charge in [0, 0.05) is 10.9 Å². The van der Waals surface area contributed by atoms with E-state index < -0.39 is 0 Å². The molecule has 3 aromatic rings. The number of aromatic nitrogens is 2. The Bertz CT molecular complexity index is 666. The molecule has 0 saturated carbocycles. The fraction of sp³-hybridized carbons (Fsp3) is 0.222. The third-order valence-corrected chi connectivity index (χ3v) is 2.79. The monoisotopic (exact) mass is 300 g/mol. The summed E-state index contributed by atoms with van der Waals surface area (Å²) in [5.74, 6) is 0. The van der Waals surface area contributed by atoms with Crippen LogP contribution in [0.5, 0.6) is 0 Å². The molecular formula is C18H21ClN2. The smallest absolute Gasteiger partial charge is 0.218 e. The fourth-order valence-corrected chi connectivity index (χ4v) is 2.04. The number of nitrogens with zero attached hydrogens (tertiary/aromatic N) is 2. The second-order valence-electron chi connectivity index (χ2n) is 3.72. The first-order valence-electron chi connectivity index (χ1n) is 7.32. The Morgan fingerprint density at radius 3 is 1.95 bits per heavy atom. The maximum absolute atomic E-state index is 5.95. The van der Waals surface area contributed by atoms with Crippen LogP contribution in [0.15, 0.2) is 54.6 Å². The Morgan fingerprint density at radius 2 is 1.29 bits per heavy atom. The van der Waals surface area contributed by atoms with Crippen LogP contribution in [0.2, 0.25) is 5.28 Å². The van der Waals surface area contributed by atoms with Gasteiger partial charge in [-0.1, -0.05) is 76.2 Å². The number of para-hydroxylation sites is 1. The van der Waals surface area contributed by atoms with Crippen molar-refractivity contribution >= 4 is 22.5 Å². The fourth-order valence-electron chi connectivity index (χ4n) is 1.86. The van der Waals surface area contributed by atoms with Crippen molar-refractivity contribution in [3.05, 3.63) is 59.9 Å². The Balaban J connectivity index is 0.000000510. The molecule has 0 atom stereocenters. The van der Waals surface area contributed by atoms with Crippen LogP contribution in [0, 0.1) is 0 Å². The predicted molar refractivity (Wildman–Crippen MR) is 92.7 cm³/mol. The van der Waals surface area contributed by atoms with Crippen molar-refractivity contribution in [1.29, 1.82) is 0 Å². The molecule has 0 saturated heterocycles. The van der Waals surface area contributed by atoms with Crippen molar-refractivity contribution in [2.45, 2.75) is 27.7 Å². The SMILES string of the molecule is CC.CC.Clc1nc(-c2ccccc2)c2ccccc2n1. The van der Waals surface area contributed by atoms with Crippen LogP contribution in [0.4, 0.5) is 0 Å². The van der Waals surface area contributed by atoms with Crippen molar-refractivity contribution in [2.24, 2.45) is 0 Å². The molecule has 1 heterocycles. The summed E-state index contributed by atoms with van der Waals surface area (Å²) in [7, 11) is 0. The summed E-state index contributed by atoms with van der Waals surface area (Å²) in [6, 6.07) is 17.9. The lowest BCUT2D eigenvalue weighted by Gasteiger charge is -2.05. The number of hydrogen-bond acceptors (Lipinski definition) is 2. The van der Waals surface area contributed by atoms with Crippen LogP contribution in [0.25, 0.3) is 22.2 Å². The number of hydrogen-bond donors (Lipinski definition) is 0. The average molecular weight is 301 g/mol. The Kier molecular flexibility index (Phi) is 7.41. The van der Waals surface area contributed by atoms with Gasteiger partial charge in [-0.15, -0.1) is 0 Å². The van der Waals surface area contributed by atoms with E-state index in [9.17, 15) is 0 Å². The summed E-state index contributed by atoms with van der Waals surface area (Å²) in [6.07, 6.45) is 0. The molecule has 0 aliphatic rings. The molecule has 0 unspecified atom stereocenters. The first-order valence-corrected chi connectivity index (χ1v) is 7.70. The summed E-state index contributed by atoms with van der Waals surface area (Å²) in [4.78, 5) is 8.54. The van der Waals surface area contributed by atoms with Crippen molar-refractivity contribution in [3.63, 3.8) is 0 Å². The lowest BCUT2D eigenvalue weighted by molar-refractivity contribution is 1.22. The predicted octanol–water partition coefficient (Wildman–Crippen LogP) is 6.00. The first-order chi connectivity index (χ1) is 10.3. The number of fused-ring (bicyclic) bond motifs is 1. The first kappa shape index (κ1) is 17.1. The number of benzene rings is 2. The summed E-state index contributed by atoms with van der Waals surface area (Å²) < 4.78 is 0. The van der Waals surface area contributed by atoms with E-state index in [2.05, 4.69) is 9.97 Å². The molecule has 110 valence electrons. The maximum Gasteiger partial charge on any atom is 0.223 e. The van der Waals surface area contributed by atoms with E-state index in [0.29, 0.717) is 0 Å². The molecule has 0 spiro atoms. The quantitative estimate of drug-likeness (QED) is 0.515. The third kappa shape index (κ3) is 4.27. The summed E-state index contributed by atoms with van der Waals surface area (Å²) >= 11 is 5.95. The summed E-state index contributed by atoms with van der Waals surface area (Å²) in [5, 5.41) is 1.30. The minimum absolute atomic E-state index is 0.280. The Hall–Kier alpha value is -1.93. The topological polar surface area (TPSA) is 25.8 Å². The second kappa shape index (κ2) is 9.09. The van der Waals surface area contributed by atoms with E-state index in [1.165, 1.54) is 0 Å². The average Bonchev–Trinajstić information content (AvgIpc) is 2.58. The second-order valence-corrected chi connectivity index (χ2v) is 4.06. The van der Waals surface area contributed by atoms with Crippen molar-refractivity contribution in [3.8, 4) is 11.3 Å². The van der Waals surface area contributed by atoms with E-state index in [1.54, 1.807) is 0 Å². The highest BCUT2D eigenvalue weighted by atomic mass is 35.5. The normalized spacial score (nSPS) is 9.19. The molecular weight excluding hydrogens is 280 g/mol. The minimum atomic E-state index is 0.280. The molecule has 0 fully saturated rings. The van der Waals surface area contributed by atoms with Gasteiger partial charge in [0.05, 0.1) is 11.2 Å². The van der Waals surface area contributed by atoms with Crippen molar-refractivity contribution in [2.75, 3.05) is 0 Å². The lowest BCUT2D eigenvalue weighted by Crippen LogP contribution is -1.90. The highest BCUT2D eigenvalue weighted by Gasteiger charge is 2.07. The van der Waals surface area contributed by atoms with Crippen molar-refractivity contribution in [1.82, 2.24) is 9.97 Å². The zero-order valence-electron chi connectivity index (χ0n) is 13.0. The molecule has 21 heavy (non-hydrogen) atoms. The van der Waals surface area contributed by atoms with Crippen LogP contribution in [0.3, 0.4) is 0 Å². The van der Waals surface area contributed by atoms with E-state index in [4.69, 9.17) is 11.6 Å². The minimum Gasteiger partial charge on any atom is -0.218 e. The van der Waals surface area contributed by atoms with Crippen LogP contribution >= 0.6 is 11.6 Å². The van der Waals surface area contributed by atoms with Gasteiger partial charge in [-0.05, 0) is 17.7 Å². The Labute approximate surface area is 131 Å². The van der Waals surface area contributed by atoms with Crippen molar-refractivity contribution < 1.29 is 0 Å². The molecule has 2 aromatic carbocycles. The molecule has 0 N–H and O–H groups in total. The van der Waals surface area contributed by atoms with Gasteiger partial charge in [0.25, 0.3) is 0 Å². The van der Waals surface area contributed by atoms with Gasteiger partial charge < -0.3 is 0 Å². The van der Waals surface area contributed by atoms with Gasteiger partial charge in [0.2, 0.25) is 5.28 Å². The highest BCUT2D eigenvalue weighted by molar-refractivity contribution is 6.28.